The number of H-pyrrole nitrogens is 1. The fourth-order valence-corrected chi connectivity index (χ4v) is 3.02. The molecule has 0 unspecified atom stereocenters. The molecular formula is C21H31IN6O. The highest BCUT2D eigenvalue weighted by Crippen LogP contribution is 2.17. The van der Waals surface area contributed by atoms with Crippen molar-refractivity contribution in [2.24, 2.45) is 4.99 Å². The lowest BCUT2D eigenvalue weighted by Crippen LogP contribution is -2.38. The molecule has 0 saturated carbocycles. The van der Waals surface area contributed by atoms with Gasteiger partial charge in [-0.15, -0.1) is 24.0 Å². The van der Waals surface area contributed by atoms with E-state index >= 15 is 0 Å². The van der Waals surface area contributed by atoms with Gasteiger partial charge in [-0.2, -0.15) is 4.98 Å². The van der Waals surface area contributed by atoms with Crippen LogP contribution in [0.15, 0.2) is 40.0 Å². The van der Waals surface area contributed by atoms with Gasteiger partial charge in [0.15, 0.2) is 11.8 Å². The Hall–Kier alpha value is -2.10. The second kappa shape index (κ2) is 11.8. The van der Waals surface area contributed by atoms with Gasteiger partial charge in [0.25, 0.3) is 0 Å². The Morgan fingerprint density at radius 2 is 2.03 bits per heavy atom. The standard InChI is InChI=1S/C21H30N6O.HI/c1-4-22-21(23-12-7-10-19-26-20(15(2)3)27-28-19)24-13-11-16-14-25-18-9-6-5-8-17(16)18;/h5-6,8-9,14-15,25H,4,7,10-13H2,1-3H3,(H2,22,23,24);1H. The van der Waals surface area contributed by atoms with Crippen LogP contribution in [-0.2, 0) is 12.8 Å². The van der Waals surface area contributed by atoms with Crippen molar-refractivity contribution in [3.8, 4) is 0 Å². The molecule has 2 aromatic heterocycles. The van der Waals surface area contributed by atoms with Gasteiger partial charge in [0.05, 0.1) is 0 Å². The SMILES string of the molecule is CCNC(=NCCCc1nc(C(C)C)no1)NCCc1c[nH]c2ccccc12.I. The van der Waals surface area contributed by atoms with Crippen LogP contribution in [0.5, 0.6) is 0 Å². The van der Waals surface area contributed by atoms with E-state index in [-0.39, 0.29) is 29.9 Å². The molecule has 0 aliphatic carbocycles. The van der Waals surface area contributed by atoms with Crippen molar-refractivity contribution in [3.63, 3.8) is 0 Å². The van der Waals surface area contributed by atoms with E-state index in [4.69, 9.17) is 4.52 Å². The van der Waals surface area contributed by atoms with Gasteiger partial charge in [0.1, 0.15) is 0 Å². The second-order valence-corrected chi connectivity index (χ2v) is 7.10. The number of nitrogens with one attached hydrogen (secondary N) is 3. The number of para-hydroxylation sites is 1. The van der Waals surface area contributed by atoms with Crippen molar-refractivity contribution in [3.05, 3.63) is 47.7 Å². The molecule has 3 rings (SSSR count). The van der Waals surface area contributed by atoms with Crippen LogP contribution in [0, 0.1) is 0 Å². The van der Waals surface area contributed by atoms with Gasteiger partial charge in [0.2, 0.25) is 5.89 Å². The molecule has 3 aromatic rings. The third-order valence-electron chi connectivity index (χ3n) is 4.52. The fraction of sp³-hybridized carbons (Fsp3) is 0.476. The second-order valence-electron chi connectivity index (χ2n) is 7.10. The lowest BCUT2D eigenvalue weighted by Gasteiger charge is -2.11. The van der Waals surface area contributed by atoms with Crippen molar-refractivity contribution < 1.29 is 4.52 Å². The zero-order valence-corrected chi connectivity index (χ0v) is 19.7. The number of hydrogen-bond donors (Lipinski definition) is 3. The Labute approximate surface area is 189 Å². The molecule has 1 aromatic carbocycles. The molecule has 0 bridgehead atoms. The van der Waals surface area contributed by atoms with Gasteiger partial charge in [-0.25, -0.2) is 0 Å². The number of hydrogen-bond acceptors (Lipinski definition) is 4. The summed E-state index contributed by atoms with van der Waals surface area (Å²) >= 11 is 0. The molecule has 0 aliphatic rings. The summed E-state index contributed by atoms with van der Waals surface area (Å²) in [5.74, 6) is 2.59. The quantitative estimate of drug-likeness (QED) is 0.175. The molecule has 158 valence electrons. The van der Waals surface area contributed by atoms with E-state index in [0.717, 1.165) is 44.1 Å². The Bertz CT molecular complexity index is 901. The summed E-state index contributed by atoms with van der Waals surface area (Å²) in [5.41, 5.74) is 2.50. The van der Waals surface area contributed by atoms with Crippen LogP contribution in [0.25, 0.3) is 10.9 Å². The summed E-state index contributed by atoms with van der Waals surface area (Å²) in [6.45, 7) is 8.56. The molecule has 0 spiro atoms. The van der Waals surface area contributed by atoms with Crippen LogP contribution in [0.2, 0.25) is 0 Å². The number of rotatable bonds is 9. The summed E-state index contributed by atoms with van der Waals surface area (Å²) in [6.07, 6.45) is 4.65. The first kappa shape index (κ1) is 23.2. The number of aromatic nitrogens is 3. The van der Waals surface area contributed by atoms with E-state index in [1.54, 1.807) is 0 Å². The summed E-state index contributed by atoms with van der Waals surface area (Å²) in [4.78, 5) is 12.4. The first-order valence-corrected chi connectivity index (χ1v) is 10.1. The minimum Gasteiger partial charge on any atom is -0.361 e. The molecule has 0 fully saturated rings. The Morgan fingerprint density at radius 3 is 2.79 bits per heavy atom. The number of aryl methyl sites for hydroxylation is 1. The van der Waals surface area contributed by atoms with Crippen LogP contribution in [-0.4, -0.2) is 40.7 Å². The largest absolute Gasteiger partial charge is 0.361 e. The van der Waals surface area contributed by atoms with Gasteiger partial charge in [-0.05, 0) is 31.4 Å². The van der Waals surface area contributed by atoms with E-state index in [2.05, 4.69) is 82.0 Å². The molecule has 0 atom stereocenters. The highest BCUT2D eigenvalue weighted by molar-refractivity contribution is 14.0. The van der Waals surface area contributed by atoms with Crippen molar-refractivity contribution in [1.82, 2.24) is 25.8 Å². The molecule has 2 heterocycles. The number of nitrogens with zero attached hydrogens (tertiary/aromatic N) is 3. The minimum absolute atomic E-state index is 0. The van der Waals surface area contributed by atoms with E-state index < -0.39 is 0 Å². The van der Waals surface area contributed by atoms with Gasteiger partial charge in [-0.3, -0.25) is 4.99 Å². The van der Waals surface area contributed by atoms with E-state index in [1.165, 1.54) is 16.5 Å². The third kappa shape index (κ3) is 6.73. The van der Waals surface area contributed by atoms with Crippen molar-refractivity contribution in [2.45, 2.75) is 46.0 Å². The molecule has 3 N–H and O–H groups in total. The van der Waals surface area contributed by atoms with Gasteiger partial charge < -0.3 is 20.1 Å². The number of fused-ring (bicyclic) bond motifs is 1. The maximum absolute atomic E-state index is 5.28. The monoisotopic (exact) mass is 510 g/mol. The van der Waals surface area contributed by atoms with E-state index in [9.17, 15) is 0 Å². The smallest absolute Gasteiger partial charge is 0.226 e. The average Bonchev–Trinajstić information content (AvgIpc) is 3.33. The summed E-state index contributed by atoms with van der Waals surface area (Å²) in [7, 11) is 0. The molecule has 8 heteroatoms. The number of benzene rings is 1. The zero-order valence-electron chi connectivity index (χ0n) is 17.4. The molecule has 7 nitrogen and oxygen atoms in total. The average molecular weight is 510 g/mol. The lowest BCUT2D eigenvalue weighted by atomic mass is 10.1. The van der Waals surface area contributed by atoms with Crippen molar-refractivity contribution in [1.29, 1.82) is 0 Å². The van der Waals surface area contributed by atoms with Gasteiger partial charge in [0, 0.05) is 49.1 Å². The highest BCUT2D eigenvalue weighted by Gasteiger charge is 2.09. The number of halogens is 1. The summed E-state index contributed by atoms with van der Waals surface area (Å²) in [6, 6.07) is 8.38. The molecule has 0 saturated heterocycles. The topological polar surface area (TPSA) is 91.1 Å². The molecule has 0 aliphatic heterocycles. The normalized spacial score (nSPS) is 11.7. The molecular weight excluding hydrogens is 479 g/mol. The Kier molecular flexibility index (Phi) is 9.43. The van der Waals surface area contributed by atoms with Crippen LogP contribution >= 0.6 is 24.0 Å². The fourth-order valence-electron chi connectivity index (χ4n) is 3.02. The first-order chi connectivity index (χ1) is 13.7. The van der Waals surface area contributed by atoms with Crippen LogP contribution in [0.4, 0.5) is 0 Å². The summed E-state index contributed by atoms with van der Waals surface area (Å²) in [5, 5.41) is 12.0. The lowest BCUT2D eigenvalue weighted by molar-refractivity contribution is 0.369. The maximum Gasteiger partial charge on any atom is 0.226 e. The maximum atomic E-state index is 5.28. The van der Waals surface area contributed by atoms with Crippen LogP contribution in [0.3, 0.4) is 0 Å². The number of aliphatic imine (C=N–C) groups is 1. The van der Waals surface area contributed by atoms with E-state index in [1.807, 2.05) is 0 Å². The highest BCUT2D eigenvalue weighted by atomic mass is 127. The Balaban J connectivity index is 0.00000300. The number of aromatic amines is 1. The predicted molar refractivity (Wildman–Crippen MR) is 128 cm³/mol. The van der Waals surface area contributed by atoms with Crippen molar-refractivity contribution in [2.75, 3.05) is 19.6 Å². The van der Waals surface area contributed by atoms with Gasteiger partial charge >= 0.3 is 0 Å². The molecule has 29 heavy (non-hydrogen) atoms. The summed E-state index contributed by atoms with van der Waals surface area (Å²) < 4.78 is 5.28. The molecule has 0 radical (unpaired) electrons. The third-order valence-corrected chi connectivity index (χ3v) is 4.52. The number of guanidine groups is 1. The first-order valence-electron chi connectivity index (χ1n) is 10.1. The van der Waals surface area contributed by atoms with Crippen LogP contribution in [0.1, 0.15) is 50.4 Å². The zero-order chi connectivity index (χ0) is 19.8. The van der Waals surface area contributed by atoms with E-state index in [0.29, 0.717) is 12.4 Å². The minimum atomic E-state index is 0. The van der Waals surface area contributed by atoms with Crippen molar-refractivity contribution >= 4 is 40.8 Å². The van der Waals surface area contributed by atoms with Gasteiger partial charge in [-0.1, -0.05) is 37.2 Å². The van der Waals surface area contributed by atoms with Crippen LogP contribution < -0.4 is 10.6 Å². The predicted octanol–water partition coefficient (Wildman–Crippen LogP) is 4.02. The Morgan fingerprint density at radius 1 is 1.21 bits per heavy atom. The molecule has 0 amide bonds.